The largest absolute Gasteiger partial charge is 0.441 e. The van der Waals surface area contributed by atoms with Crippen molar-refractivity contribution in [2.45, 2.75) is 32.2 Å². The van der Waals surface area contributed by atoms with Crippen LogP contribution in [0, 0.1) is 17.0 Å². The molecule has 1 N–H and O–H groups in total. The minimum Gasteiger partial charge on any atom is -0.441 e. The van der Waals surface area contributed by atoms with Crippen LogP contribution in [0.3, 0.4) is 0 Å². The highest BCUT2D eigenvalue weighted by Gasteiger charge is 2.20. The van der Waals surface area contributed by atoms with Gasteiger partial charge in [-0.15, -0.1) is 0 Å². The van der Waals surface area contributed by atoms with Crippen molar-refractivity contribution in [2.75, 3.05) is 6.54 Å². The topological polar surface area (TPSA) is 81.2 Å². The molecule has 0 amide bonds. The highest BCUT2D eigenvalue weighted by atomic mass is 16.6. The second-order valence-corrected chi connectivity index (χ2v) is 5.41. The minimum atomic E-state index is -0.395. The summed E-state index contributed by atoms with van der Waals surface area (Å²) < 4.78 is 5.69. The van der Waals surface area contributed by atoms with Crippen LogP contribution in [0.1, 0.15) is 24.3 Å². The van der Waals surface area contributed by atoms with Crippen LogP contribution in [-0.4, -0.2) is 22.5 Å². The van der Waals surface area contributed by atoms with Crippen molar-refractivity contribution in [3.8, 4) is 11.3 Å². The zero-order valence-corrected chi connectivity index (χ0v) is 11.8. The summed E-state index contributed by atoms with van der Waals surface area (Å²) in [5.41, 5.74) is 1.58. The first kappa shape index (κ1) is 13.8. The molecule has 6 heteroatoms. The maximum absolute atomic E-state index is 10.9. The number of non-ortho nitro benzene ring substituents is 1. The lowest BCUT2D eigenvalue weighted by atomic mass is 10.1. The third-order valence-corrected chi connectivity index (χ3v) is 3.46. The van der Waals surface area contributed by atoms with Gasteiger partial charge < -0.3 is 9.73 Å². The van der Waals surface area contributed by atoms with Gasteiger partial charge in [-0.1, -0.05) is 0 Å². The molecule has 3 rings (SSSR count). The summed E-state index contributed by atoms with van der Waals surface area (Å²) in [4.78, 5) is 14.7. The maximum Gasteiger partial charge on any atom is 0.270 e. The predicted octanol–water partition coefficient (Wildman–Crippen LogP) is 2.85. The van der Waals surface area contributed by atoms with Crippen LogP contribution in [0.2, 0.25) is 0 Å². The van der Waals surface area contributed by atoms with Crippen LogP contribution in [0.4, 0.5) is 5.69 Å². The van der Waals surface area contributed by atoms with E-state index in [1.54, 1.807) is 12.3 Å². The maximum atomic E-state index is 10.9. The van der Waals surface area contributed by atoms with E-state index in [9.17, 15) is 10.1 Å². The van der Waals surface area contributed by atoms with Crippen molar-refractivity contribution in [3.05, 3.63) is 46.0 Å². The summed E-state index contributed by atoms with van der Waals surface area (Å²) in [6, 6.07) is 5.58. The molecule has 1 heterocycles. The number of nitrogens with one attached hydrogen (secondary N) is 1. The second kappa shape index (κ2) is 5.65. The van der Waals surface area contributed by atoms with Crippen LogP contribution in [0.25, 0.3) is 11.3 Å². The fraction of sp³-hybridized carbons (Fsp3) is 0.400. The van der Waals surface area contributed by atoms with Crippen LogP contribution in [0.15, 0.2) is 28.8 Å². The molecule has 0 bridgehead atoms. The van der Waals surface area contributed by atoms with Gasteiger partial charge in [-0.3, -0.25) is 10.1 Å². The summed E-state index contributed by atoms with van der Waals surface area (Å²) in [6.07, 6.45) is 4.86. The summed E-state index contributed by atoms with van der Waals surface area (Å²) in [5, 5.41) is 14.3. The van der Waals surface area contributed by atoms with Gasteiger partial charge >= 0.3 is 0 Å². The Kier molecular flexibility index (Phi) is 3.70. The highest BCUT2D eigenvalue weighted by Crippen LogP contribution is 2.26. The molecule has 21 heavy (non-hydrogen) atoms. The smallest absolute Gasteiger partial charge is 0.270 e. The Labute approximate surface area is 122 Å². The van der Waals surface area contributed by atoms with Crippen molar-refractivity contribution >= 4 is 5.69 Å². The molecule has 0 saturated heterocycles. The Hall–Kier alpha value is -2.21. The second-order valence-electron chi connectivity index (χ2n) is 5.41. The zero-order valence-electron chi connectivity index (χ0n) is 11.8. The van der Waals surface area contributed by atoms with Crippen molar-refractivity contribution in [3.63, 3.8) is 0 Å². The van der Waals surface area contributed by atoms with Gasteiger partial charge in [-0.2, -0.15) is 0 Å². The van der Waals surface area contributed by atoms with Gasteiger partial charge in [0.05, 0.1) is 11.1 Å². The number of hydrogen-bond donors (Lipinski definition) is 1. The zero-order chi connectivity index (χ0) is 14.8. The SMILES string of the molecule is Cc1cc(-c2cnc(CCNC3CC3)o2)cc([N+](=O)[O-])c1. The fourth-order valence-electron chi connectivity index (χ4n) is 2.24. The molecule has 0 unspecified atom stereocenters. The van der Waals surface area contributed by atoms with Gasteiger partial charge in [0.25, 0.3) is 5.69 Å². The van der Waals surface area contributed by atoms with Gasteiger partial charge in [-0.25, -0.2) is 4.98 Å². The summed E-state index contributed by atoms with van der Waals surface area (Å²) in [5.74, 6) is 1.23. The fourth-order valence-corrected chi connectivity index (χ4v) is 2.24. The van der Waals surface area contributed by atoms with E-state index in [0.29, 0.717) is 23.3 Å². The Morgan fingerprint density at radius 2 is 2.24 bits per heavy atom. The molecule has 1 aromatic carbocycles. The number of nitro benzene ring substituents is 1. The molecule has 1 fully saturated rings. The number of rotatable bonds is 6. The van der Waals surface area contributed by atoms with E-state index < -0.39 is 4.92 Å². The van der Waals surface area contributed by atoms with E-state index in [1.807, 2.05) is 13.0 Å². The Bertz CT molecular complexity index is 662. The van der Waals surface area contributed by atoms with Gasteiger partial charge in [0.1, 0.15) is 0 Å². The molecule has 1 aliphatic rings. The Morgan fingerprint density at radius 1 is 1.43 bits per heavy atom. The van der Waals surface area contributed by atoms with Crippen LogP contribution >= 0.6 is 0 Å². The van der Waals surface area contributed by atoms with Crippen LogP contribution < -0.4 is 5.32 Å². The summed E-state index contributed by atoms with van der Waals surface area (Å²) >= 11 is 0. The minimum absolute atomic E-state index is 0.0679. The number of nitrogens with zero attached hydrogens (tertiary/aromatic N) is 2. The van der Waals surface area contributed by atoms with Crippen molar-refractivity contribution < 1.29 is 9.34 Å². The molecule has 0 radical (unpaired) electrons. The lowest BCUT2D eigenvalue weighted by Crippen LogP contribution is -2.19. The van der Waals surface area contributed by atoms with Gasteiger partial charge in [-0.05, 0) is 31.4 Å². The van der Waals surface area contributed by atoms with Crippen molar-refractivity contribution in [2.24, 2.45) is 0 Å². The molecule has 0 spiro atoms. The molecular weight excluding hydrogens is 270 g/mol. The first-order valence-corrected chi connectivity index (χ1v) is 7.06. The van der Waals surface area contributed by atoms with E-state index in [2.05, 4.69) is 10.3 Å². The highest BCUT2D eigenvalue weighted by molar-refractivity contribution is 5.61. The third-order valence-electron chi connectivity index (χ3n) is 3.46. The first-order valence-electron chi connectivity index (χ1n) is 7.06. The van der Waals surface area contributed by atoms with Gasteiger partial charge in [0.15, 0.2) is 11.7 Å². The number of oxazole rings is 1. The number of aromatic nitrogens is 1. The molecule has 6 nitrogen and oxygen atoms in total. The number of nitro groups is 1. The van der Waals surface area contributed by atoms with E-state index in [1.165, 1.54) is 18.9 Å². The molecule has 0 aliphatic heterocycles. The average Bonchev–Trinajstić information content (AvgIpc) is 3.14. The lowest BCUT2D eigenvalue weighted by Gasteiger charge is -2.00. The first-order chi connectivity index (χ1) is 10.1. The molecule has 2 aromatic rings. The van der Waals surface area contributed by atoms with Crippen molar-refractivity contribution in [1.82, 2.24) is 10.3 Å². The van der Waals surface area contributed by atoms with Crippen LogP contribution in [0.5, 0.6) is 0 Å². The summed E-state index contributed by atoms with van der Waals surface area (Å²) in [7, 11) is 0. The summed E-state index contributed by atoms with van der Waals surface area (Å²) in [6.45, 7) is 2.67. The third kappa shape index (κ3) is 3.46. The molecule has 1 saturated carbocycles. The van der Waals surface area contributed by atoms with Crippen LogP contribution in [-0.2, 0) is 6.42 Å². The standard InChI is InChI=1S/C15H17N3O3/c1-10-6-11(8-13(7-10)18(19)20)14-9-17-15(21-14)4-5-16-12-2-3-12/h6-9,12,16H,2-5H2,1H3. The Morgan fingerprint density at radius 3 is 2.95 bits per heavy atom. The number of aryl methyl sites for hydroxylation is 1. The van der Waals surface area contributed by atoms with E-state index in [4.69, 9.17) is 4.42 Å². The number of benzene rings is 1. The quantitative estimate of drug-likeness (QED) is 0.652. The average molecular weight is 287 g/mol. The van der Waals surface area contributed by atoms with E-state index in [0.717, 1.165) is 18.5 Å². The molecule has 1 aliphatic carbocycles. The normalized spacial score (nSPS) is 14.3. The number of hydrogen-bond acceptors (Lipinski definition) is 5. The monoisotopic (exact) mass is 287 g/mol. The van der Waals surface area contributed by atoms with Crippen molar-refractivity contribution in [1.29, 1.82) is 0 Å². The Balaban J connectivity index is 1.73. The lowest BCUT2D eigenvalue weighted by molar-refractivity contribution is -0.384. The van der Waals surface area contributed by atoms with Gasteiger partial charge in [0.2, 0.25) is 0 Å². The van der Waals surface area contributed by atoms with Gasteiger partial charge in [0, 0.05) is 36.7 Å². The molecule has 110 valence electrons. The van der Waals surface area contributed by atoms with E-state index >= 15 is 0 Å². The van der Waals surface area contributed by atoms with E-state index in [-0.39, 0.29) is 5.69 Å². The molecule has 0 atom stereocenters. The predicted molar refractivity (Wildman–Crippen MR) is 78.1 cm³/mol. The molecule has 1 aromatic heterocycles. The molecular formula is C15H17N3O3.